The van der Waals surface area contributed by atoms with Crippen molar-refractivity contribution in [3.05, 3.63) is 35.5 Å². The molecule has 1 heterocycles. The maximum atomic E-state index is 11.1. The van der Waals surface area contributed by atoms with Gasteiger partial charge in [-0.1, -0.05) is 19.0 Å². The highest BCUT2D eigenvalue weighted by atomic mass is 16.5. The molecule has 2 aromatic rings. The van der Waals surface area contributed by atoms with E-state index in [2.05, 4.69) is 5.16 Å². The van der Waals surface area contributed by atoms with Crippen molar-refractivity contribution in [3.8, 4) is 17.1 Å². The average Bonchev–Trinajstić information content (AvgIpc) is 2.87. The number of benzene rings is 1. The smallest absolute Gasteiger partial charge is 0.341 e. The van der Waals surface area contributed by atoms with Crippen LogP contribution in [-0.2, 0) is 0 Å². The summed E-state index contributed by atoms with van der Waals surface area (Å²) < 4.78 is 10.3. The van der Waals surface area contributed by atoms with Crippen molar-refractivity contribution in [2.75, 3.05) is 7.11 Å². The fourth-order valence-corrected chi connectivity index (χ4v) is 1.93. The Morgan fingerprint density at radius 2 is 2.16 bits per heavy atom. The monoisotopic (exact) mass is 261 g/mol. The molecule has 0 aliphatic carbocycles. The fourth-order valence-electron chi connectivity index (χ4n) is 1.93. The van der Waals surface area contributed by atoms with Crippen molar-refractivity contribution >= 4 is 5.97 Å². The largest absolute Gasteiger partial charge is 0.496 e. The van der Waals surface area contributed by atoms with Crippen LogP contribution < -0.4 is 4.74 Å². The van der Waals surface area contributed by atoms with Crippen LogP contribution in [0.3, 0.4) is 0 Å². The quantitative estimate of drug-likeness (QED) is 0.915. The first kappa shape index (κ1) is 13.1. The lowest BCUT2D eigenvalue weighted by atomic mass is 9.98. The normalized spacial score (nSPS) is 10.7. The van der Waals surface area contributed by atoms with Crippen molar-refractivity contribution in [2.24, 2.45) is 0 Å². The highest BCUT2D eigenvalue weighted by Gasteiger charge is 2.18. The third-order valence-corrected chi connectivity index (χ3v) is 2.91. The predicted molar refractivity (Wildman–Crippen MR) is 69.5 cm³/mol. The van der Waals surface area contributed by atoms with Gasteiger partial charge in [0.25, 0.3) is 0 Å². The van der Waals surface area contributed by atoms with Gasteiger partial charge in [-0.25, -0.2) is 4.79 Å². The van der Waals surface area contributed by atoms with Gasteiger partial charge < -0.3 is 14.4 Å². The van der Waals surface area contributed by atoms with E-state index in [1.807, 2.05) is 19.9 Å². The van der Waals surface area contributed by atoms with Crippen LogP contribution in [0.2, 0.25) is 0 Å². The van der Waals surface area contributed by atoms with E-state index in [0.29, 0.717) is 5.56 Å². The zero-order valence-electron chi connectivity index (χ0n) is 11.0. The number of nitrogens with zero attached hydrogens (tertiary/aromatic N) is 1. The number of rotatable bonds is 4. The number of aromatic carboxylic acids is 1. The summed E-state index contributed by atoms with van der Waals surface area (Å²) in [6.45, 7) is 4.08. The van der Waals surface area contributed by atoms with Gasteiger partial charge in [0.2, 0.25) is 0 Å². The van der Waals surface area contributed by atoms with Gasteiger partial charge in [0, 0.05) is 5.56 Å². The SMILES string of the molecule is COc1ccc(-c2oncc2C(=O)O)cc1C(C)C. The minimum Gasteiger partial charge on any atom is -0.496 e. The first-order valence-electron chi connectivity index (χ1n) is 5.91. The van der Waals surface area contributed by atoms with Crippen LogP contribution in [-0.4, -0.2) is 23.3 Å². The van der Waals surface area contributed by atoms with Crippen LogP contribution in [0.4, 0.5) is 0 Å². The van der Waals surface area contributed by atoms with E-state index < -0.39 is 5.97 Å². The molecule has 0 unspecified atom stereocenters. The van der Waals surface area contributed by atoms with Crippen molar-refractivity contribution < 1.29 is 19.2 Å². The van der Waals surface area contributed by atoms with Gasteiger partial charge in [0.05, 0.1) is 13.3 Å². The molecule has 1 aromatic heterocycles. The Hall–Kier alpha value is -2.30. The van der Waals surface area contributed by atoms with E-state index in [1.54, 1.807) is 19.2 Å². The summed E-state index contributed by atoms with van der Waals surface area (Å²) in [5.74, 6) is 0.233. The maximum absolute atomic E-state index is 11.1. The molecule has 0 fully saturated rings. The van der Waals surface area contributed by atoms with Gasteiger partial charge in [-0.2, -0.15) is 0 Å². The Kier molecular flexibility index (Phi) is 3.55. The molecule has 5 nitrogen and oxygen atoms in total. The van der Waals surface area contributed by atoms with E-state index in [0.717, 1.165) is 11.3 Å². The lowest BCUT2D eigenvalue weighted by molar-refractivity contribution is 0.0697. The molecule has 1 N–H and O–H groups in total. The van der Waals surface area contributed by atoms with E-state index >= 15 is 0 Å². The van der Waals surface area contributed by atoms with Crippen LogP contribution in [0, 0.1) is 0 Å². The molecule has 0 atom stereocenters. The van der Waals surface area contributed by atoms with Crippen LogP contribution in [0.15, 0.2) is 28.9 Å². The maximum Gasteiger partial charge on any atom is 0.341 e. The van der Waals surface area contributed by atoms with Gasteiger partial charge in [-0.05, 0) is 29.7 Å². The van der Waals surface area contributed by atoms with Crippen LogP contribution in [0.25, 0.3) is 11.3 Å². The number of carboxylic acids is 1. The summed E-state index contributed by atoms with van der Waals surface area (Å²) in [5, 5.41) is 12.6. The van der Waals surface area contributed by atoms with Crippen molar-refractivity contribution in [3.63, 3.8) is 0 Å². The van der Waals surface area contributed by atoms with Crippen LogP contribution in [0.5, 0.6) is 5.75 Å². The second-order valence-electron chi connectivity index (χ2n) is 4.49. The highest BCUT2D eigenvalue weighted by Crippen LogP contribution is 2.32. The van der Waals surface area contributed by atoms with Gasteiger partial charge in [-0.3, -0.25) is 0 Å². The molecule has 0 radical (unpaired) electrons. The fraction of sp³-hybridized carbons (Fsp3) is 0.286. The minimum absolute atomic E-state index is 0.0554. The Morgan fingerprint density at radius 1 is 1.42 bits per heavy atom. The minimum atomic E-state index is -1.06. The zero-order valence-corrected chi connectivity index (χ0v) is 11.0. The van der Waals surface area contributed by atoms with Crippen LogP contribution in [0.1, 0.15) is 35.7 Å². The second kappa shape index (κ2) is 5.14. The molecule has 0 aliphatic rings. The Morgan fingerprint density at radius 3 is 2.74 bits per heavy atom. The summed E-state index contributed by atoms with van der Waals surface area (Å²) in [6, 6.07) is 5.44. The zero-order chi connectivity index (χ0) is 14.0. The Labute approximate surface area is 110 Å². The summed E-state index contributed by atoms with van der Waals surface area (Å²) in [5.41, 5.74) is 1.73. The topological polar surface area (TPSA) is 72.6 Å². The van der Waals surface area contributed by atoms with Crippen LogP contribution >= 0.6 is 0 Å². The van der Waals surface area contributed by atoms with Crippen molar-refractivity contribution in [1.29, 1.82) is 0 Å². The van der Waals surface area contributed by atoms with Crippen molar-refractivity contribution in [2.45, 2.75) is 19.8 Å². The lowest BCUT2D eigenvalue weighted by Gasteiger charge is -2.12. The van der Waals surface area contributed by atoms with E-state index in [9.17, 15) is 4.79 Å². The number of carboxylic acid groups (broad SMARTS) is 1. The molecular weight excluding hydrogens is 246 g/mol. The first-order chi connectivity index (χ1) is 9.04. The van der Waals surface area contributed by atoms with Crippen molar-refractivity contribution in [1.82, 2.24) is 5.16 Å². The van der Waals surface area contributed by atoms with Gasteiger partial charge in [0.1, 0.15) is 11.3 Å². The molecular formula is C14H15NO4. The molecule has 0 aliphatic heterocycles. The number of hydrogen-bond donors (Lipinski definition) is 1. The molecule has 0 spiro atoms. The third kappa shape index (κ3) is 2.45. The number of hydrogen-bond acceptors (Lipinski definition) is 4. The van der Waals surface area contributed by atoms with Gasteiger partial charge in [-0.15, -0.1) is 0 Å². The lowest BCUT2D eigenvalue weighted by Crippen LogP contribution is -1.98. The second-order valence-corrected chi connectivity index (χ2v) is 4.49. The molecule has 0 saturated heterocycles. The molecule has 5 heteroatoms. The third-order valence-electron chi connectivity index (χ3n) is 2.91. The Balaban J connectivity index is 2.54. The molecule has 0 amide bonds. The molecule has 1 aromatic carbocycles. The molecule has 100 valence electrons. The van der Waals surface area contributed by atoms with E-state index in [-0.39, 0.29) is 17.2 Å². The van der Waals surface area contributed by atoms with Gasteiger partial charge >= 0.3 is 5.97 Å². The summed E-state index contributed by atoms with van der Waals surface area (Å²) in [6.07, 6.45) is 1.21. The number of methoxy groups -OCH3 is 1. The molecule has 0 bridgehead atoms. The summed E-state index contributed by atoms with van der Waals surface area (Å²) >= 11 is 0. The summed E-state index contributed by atoms with van der Waals surface area (Å²) in [4.78, 5) is 11.1. The molecule has 0 saturated carbocycles. The van der Waals surface area contributed by atoms with Gasteiger partial charge in [0.15, 0.2) is 5.76 Å². The number of ether oxygens (including phenoxy) is 1. The first-order valence-corrected chi connectivity index (χ1v) is 5.91. The predicted octanol–water partition coefficient (Wildman–Crippen LogP) is 3.17. The summed E-state index contributed by atoms with van der Waals surface area (Å²) in [7, 11) is 1.61. The van der Waals surface area contributed by atoms with E-state index in [4.69, 9.17) is 14.4 Å². The standard InChI is InChI=1S/C14H15NO4/c1-8(2)10-6-9(4-5-12(10)18-3)13-11(14(16)17)7-15-19-13/h4-8H,1-3H3,(H,16,17). The Bertz CT molecular complexity index is 601. The number of carbonyl (C=O) groups is 1. The highest BCUT2D eigenvalue weighted by molar-refractivity contribution is 5.94. The molecule has 2 rings (SSSR count). The van der Waals surface area contributed by atoms with E-state index in [1.165, 1.54) is 6.20 Å². The average molecular weight is 261 g/mol. The molecule has 19 heavy (non-hydrogen) atoms. The number of aromatic nitrogens is 1.